The van der Waals surface area contributed by atoms with Crippen molar-refractivity contribution < 1.29 is 13.2 Å². The second-order valence-electron chi connectivity index (χ2n) is 6.21. The van der Waals surface area contributed by atoms with Crippen LogP contribution >= 0.6 is 0 Å². The Balaban J connectivity index is 1.83. The van der Waals surface area contributed by atoms with E-state index in [-0.39, 0.29) is 4.90 Å². The summed E-state index contributed by atoms with van der Waals surface area (Å²) in [5.74, 6) is -0.572. The molecule has 8 heteroatoms. The molecule has 0 aliphatic heterocycles. The zero-order valence-corrected chi connectivity index (χ0v) is 16.6. The van der Waals surface area contributed by atoms with Crippen LogP contribution in [0.5, 0.6) is 0 Å². The maximum Gasteiger partial charge on any atom is 0.264 e. The Morgan fingerprint density at radius 2 is 1.72 bits per heavy atom. The van der Waals surface area contributed by atoms with Gasteiger partial charge in [-0.3, -0.25) is 14.1 Å². The fraction of sp³-hybridized carbons (Fsp3) is 0.0952. The van der Waals surface area contributed by atoms with Gasteiger partial charge in [-0.15, -0.1) is 0 Å². The number of benzene rings is 2. The third-order valence-corrected chi connectivity index (χ3v) is 5.80. The van der Waals surface area contributed by atoms with Crippen molar-refractivity contribution in [3.05, 3.63) is 90.3 Å². The van der Waals surface area contributed by atoms with E-state index < -0.39 is 22.5 Å². The Hall–Kier alpha value is -3.52. The van der Waals surface area contributed by atoms with Gasteiger partial charge in [0.2, 0.25) is 0 Å². The zero-order valence-electron chi connectivity index (χ0n) is 15.8. The summed E-state index contributed by atoms with van der Waals surface area (Å²) in [5.41, 5.74) is 4.29. The number of aryl methyl sites for hydroxylation is 1. The van der Waals surface area contributed by atoms with Gasteiger partial charge in [0.05, 0.1) is 22.5 Å². The maximum absolute atomic E-state index is 13.1. The highest BCUT2D eigenvalue weighted by Gasteiger charge is 2.26. The monoisotopic (exact) mass is 408 g/mol. The second-order valence-corrected chi connectivity index (χ2v) is 8.07. The van der Waals surface area contributed by atoms with Gasteiger partial charge in [-0.1, -0.05) is 42.0 Å². The molecular weight excluding hydrogens is 388 g/mol. The molecule has 1 amide bonds. The van der Waals surface area contributed by atoms with Crippen molar-refractivity contribution in [2.75, 3.05) is 10.8 Å². The molecule has 0 saturated carbocycles. The lowest BCUT2D eigenvalue weighted by atomic mass is 10.2. The molecule has 0 spiro atoms. The largest absolute Gasteiger partial charge is 0.271 e. The number of pyridine rings is 1. The molecule has 0 unspecified atom stereocenters. The lowest BCUT2D eigenvalue weighted by Gasteiger charge is -2.23. The molecular formula is C21H20N4O3S. The third kappa shape index (κ3) is 5.26. The molecule has 0 bridgehead atoms. The SMILES string of the molecule is Cc1ccc(N(CC(=O)N/N=C/c2ccccn2)S(=O)(=O)c2ccccc2)cc1. The number of hydrogen-bond donors (Lipinski definition) is 1. The van der Waals surface area contributed by atoms with Crippen molar-refractivity contribution in [2.24, 2.45) is 5.10 Å². The molecule has 1 heterocycles. The van der Waals surface area contributed by atoms with E-state index >= 15 is 0 Å². The normalized spacial score (nSPS) is 11.3. The summed E-state index contributed by atoms with van der Waals surface area (Å²) in [6, 6.07) is 20.2. The smallest absolute Gasteiger partial charge is 0.264 e. The molecule has 0 saturated heterocycles. The van der Waals surface area contributed by atoms with Crippen LogP contribution in [0.15, 0.2) is 89.0 Å². The summed E-state index contributed by atoms with van der Waals surface area (Å²) < 4.78 is 27.4. The number of amides is 1. The summed E-state index contributed by atoms with van der Waals surface area (Å²) in [5, 5.41) is 3.85. The number of rotatable bonds is 7. The molecule has 3 aromatic rings. The molecule has 0 aliphatic rings. The van der Waals surface area contributed by atoms with E-state index in [0.29, 0.717) is 11.4 Å². The van der Waals surface area contributed by atoms with Crippen LogP contribution in [0.3, 0.4) is 0 Å². The van der Waals surface area contributed by atoms with Crippen molar-refractivity contribution in [3.63, 3.8) is 0 Å². The lowest BCUT2D eigenvalue weighted by Crippen LogP contribution is -2.39. The van der Waals surface area contributed by atoms with E-state index in [2.05, 4.69) is 15.5 Å². The zero-order chi connectivity index (χ0) is 20.7. The molecule has 0 radical (unpaired) electrons. The van der Waals surface area contributed by atoms with Crippen LogP contribution in [0.25, 0.3) is 0 Å². The highest BCUT2D eigenvalue weighted by Crippen LogP contribution is 2.23. The standard InChI is InChI=1S/C21H20N4O3S/c1-17-10-12-19(13-11-17)25(29(27,28)20-8-3-2-4-9-20)16-21(26)24-23-15-18-7-5-6-14-22-18/h2-15H,16H2,1H3,(H,24,26)/b23-15+. The molecule has 2 aromatic carbocycles. The minimum absolute atomic E-state index is 0.102. The van der Waals surface area contributed by atoms with E-state index in [1.54, 1.807) is 66.9 Å². The van der Waals surface area contributed by atoms with Gasteiger partial charge < -0.3 is 0 Å². The van der Waals surface area contributed by atoms with Crippen LogP contribution in [0, 0.1) is 6.92 Å². The molecule has 7 nitrogen and oxygen atoms in total. The minimum Gasteiger partial charge on any atom is -0.271 e. The first kappa shape index (κ1) is 20.2. The Morgan fingerprint density at radius 1 is 1.03 bits per heavy atom. The Kier molecular flexibility index (Phi) is 6.36. The summed E-state index contributed by atoms with van der Waals surface area (Å²) in [6.45, 7) is 1.48. The van der Waals surface area contributed by atoms with Gasteiger partial charge in [-0.2, -0.15) is 5.10 Å². The van der Waals surface area contributed by atoms with Crippen LogP contribution < -0.4 is 9.73 Å². The Morgan fingerprint density at radius 3 is 2.38 bits per heavy atom. The molecule has 1 N–H and O–H groups in total. The maximum atomic E-state index is 13.1. The van der Waals surface area contributed by atoms with Gasteiger partial charge in [-0.25, -0.2) is 13.8 Å². The van der Waals surface area contributed by atoms with Crippen molar-refractivity contribution in [1.82, 2.24) is 10.4 Å². The average Bonchev–Trinajstić information content (AvgIpc) is 2.74. The molecule has 0 fully saturated rings. The van der Waals surface area contributed by atoms with Gasteiger partial charge in [0.25, 0.3) is 15.9 Å². The van der Waals surface area contributed by atoms with Gasteiger partial charge in [0.1, 0.15) is 6.54 Å². The molecule has 0 atom stereocenters. The van der Waals surface area contributed by atoms with E-state index in [1.807, 2.05) is 6.92 Å². The number of carbonyl (C=O) groups is 1. The van der Waals surface area contributed by atoms with Gasteiger partial charge in [-0.05, 0) is 43.3 Å². The van der Waals surface area contributed by atoms with Crippen molar-refractivity contribution in [1.29, 1.82) is 0 Å². The first-order valence-electron chi connectivity index (χ1n) is 8.84. The van der Waals surface area contributed by atoms with E-state index in [9.17, 15) is 13.2 Å². The molecule has 3 rings (SSSR count). The van der Waals surface area contributed by atoms with Crippen molar-refractivity contribution in [2.45, 2.75) is 11.8 Å². The first-order valence-corrected chi connectivity index (χ1v) is 10.3. The number of carbonyl (C=O) groups excluding carboxylic acids is 1. The van der Waals surface area contributed by atoms with E-state index in [1.165, 1.54) is 18.3 Å². The van der Waals surface area contributed by atoms with Gasteiger partial charge >= 0.3 is 0 Å². The number of sulfonamides is 1. The number of nitrogens with zero attached hydrogens (tertiary/aromatic N) is 3. The number of hydrogen-bond acceptors (Lipinski definition) is 5. The summed E-state index contributed by atoms with van der Waals surface area (Å²) >= 11 is 0. The quantitative estimate of drug-likeness (QED) is 0.481. The summed E-state index contributed by atoms with van der Waals surface area (Å²) in [7, 11) is -3.93. The predicted octanol–water partition coefficient (Wildman–Crippen LogP) is 2.74. The van der Waals surface area contributed by atoms with Gasteiger partial charge in [0, 0.05) is 6.20 Å². The number of aromatic nitrogens is 1. The second kappa shape index (κ2) is 9.11. The van der Waals surface area contributed by atoms with Crippen molar-refractivity contribution in [3.8, 4) is 0 Å². The van der Waals surface area contributed by atoms with Crippen LogP contribution in [-0.2, 0) is 14.8 Å². The fourth-order valence-electron chi connectivity index (χ4n) is 2.53. The summed E-state index contributed by atoms with van der Waals surface area (Å²) in [6.07, 6.45) is 2.99. The Labute approximate surface area is 169 Å². The third-order valence-electron chi connectivity index (χ3n) is 4.01. The number of nitrogens with one attached hydrogen (secondary N) is 1. The topological polar surface area (TPSA) is 91.7 Å². The predicted molar refractivity (Wildman–Crippen MR) is 112 cm³/mol. The molecule has 1 aromatic heterocycles. The number of anilines is 1. The van der Waals surface area contributed by atoms with Gasteiger partial charge in [0.15, 0.2) is 0 Å². The van der Waals surface area contributed by atoms with E-state index in [4.69, 9.17) is 0 Å². The summed E-state index contributed by atoms with van der Waals surface area (Å²) in [4.78, 5) is 16.6. The van der Waals surface area contributed by atoms with E-state index in [0.717, 1.165) is 9.87 Å². The lowest BCUT2D eigenvalue weighted by molar-refractivity contribution is -0.119. The minimum atomic E-state index is -3.93. The van der Waals surface area contributed by atoms with Crippen LogP contribution in [0.2, 0.25) is 0 Å². The Bertz CT molecular complexity index is 1080. The van der Waals surface area contributed by atoms with Crippen LogP contribution in [0.1, 0.15) is 11.3 Å². The molecule has 29 heavy (non-hydrogen) atoms. The van der Waals surface area contributed by atoms with Crippen LogP contribution in [-0.4, -0.2) is 32.1 Å². The first-order chi connectivity index (χ1) is 14.0. The highest BCUT2D eigenvalue weighted by molar-refractivity contribution is 7.92. The van der Waals surface area contributed by atoms with Crippen LogP contribution in [0.4, 0.5) is 5.69 Å². The fourth-order valence-corrected chi connectivity index (χ4v) is 3.98. The molecule has 0 aliphatic carbocycles. The highest BCUT2D eigenvalue weighted by atomic mass is 32.2. The molecule has 148 valence electrons. The average molecular weight is 408 g/mol. The van der Waals surface area contributed by atoms with Crippen molar-refractivity contribution >= 4 is 27.8 Å². The number of hydrazone groups is 1.